The summed E-state index contributed by atoms with van der Waals surface area (Å²) in [4.78, 5) is 4.57. The van der Waals surface area contributed by atoms with Crippen molar-refractivity contribution in [1.29, 1.82) is 0 Å². The molecule has 0 amide bonds. The molecule has 3 rings (SSSR count). The molecule has 2 N–H and O–H groups in total. The van der Waals surface area contributed by atoms with E-state index in [1.54, 1.807) is 11.6 Å². The van der Waals surface area contributed by atoms with Gasteiger partial charge in [0.15, 0.2) is 15.1 Å². The van der Waals surface area contributed by atoms with Crippen molar-refractivity contribution in [2.75, 3.05) is 13.2 Å². The Morgan fingerprint density at radius 1 is 1.48 bits per heavy atom. The number of aromatic nitrogens is 2. The second-order valence-electron chi connectivity index (χ2n) is 5.45. The smallest absolute Gasteiger partial charge is 0.259 e. The average Bonchev–Trinajstić information content (AvgIpc) is 3.11. The van der Waals surface area contributed by atoms with Crippen LogP contribution in [0, 0.1) is 5.41 Å². The van der Waals surface area contributed by atoms with Crippen LogP contribution in [-0.4, -0.2) is 36.1 Å². The molecule has 1 aliphatic rings. The average molecular weight is 350 g/mol. The highest BCUT2D eigenvalue weighted by atomic mass is 35.5. The first-order chi connectivity index (χ1) is 9.97. The molecule has 1 aliphatic carbocycles. The first-order valence-electron chi connectivity index (χ1n) is 6.69. The lowest BCUT2D eigenvalue weighted by Gasteiger charge is -2.26. The van der Waals surface area contributed by atoms with E-state index in [2.05, 4.69) is 9.71 Å². The molecule has 0 bridgehead atoms. The Kier molecular flexibility index (Phi) is 4.00. The third-order valence-electron chi connectivity index (χ3n) is 4.07. The SMILES string of the molecule is O=S(=O)(NCC1(CO)CCCC1)c1c(Cl)nc2sccn12. The van der Waals surface area contributed by atoms with Gasteiger partial charge in [-0.3, -0.25) is 4.40 Å². The van der Waals surface area contributed by atoms with Gasteiger partial charge in [-0.25, -0.2) is 18.1 Å². The minimum atomic E-state index is -3.77. The Morgan fingerprint density at radius 2 is 2.19 bits per heavy atom. The highest BCUT2D eigenvalue weighted by molar-refractivity contribution is 7.89. The van der Waals surface area contributed by atoms with Gasteiger partial charge in [-0.05, 0) is 12.8 Å². The minimum absolute atomic E-state index is 0.0104. The minimum Gasteiger partial charge on any atom is -0.396 e. The summed E-state index contributed by atoms with van der Waals surface area (Å²) in [7, 11) is -3.77. The summed E-state index contributed by atoms with van der Waals surface area (Å²) >= 11 is 7.28. The van der Waals surface area contributed by atoms with Crippen molar-refractivity contribution in [3.8, 4) is 0 Å². The molecule has 9 heteroatoms. The largest absolute Gasteiger partial charge is 0.396 e. The summed E-state index contributed by atoms with van der Waals surface area (Å²) in [6.07, 6.45) is 5.33. The predicted molar refractivity (Wildman–Crippen MR) is 81.3 cm³/mol. The summed E-state index contributed by atoms with van der Waals surface area (Å²) in [5.74, 6) is 0. The predicted octanol–water partition coefficient (Wildman–Crippen LogP) is 1.88. The summed E-state index contributed by atoms with van der Waals surface area (Å²) < 4.78 is 29.1. The fourth-order valence-corrected chi connectivity index (χ4v) is 5.42. The van der Waals surface area contributed by atoms with Crippen molar-refractivity contribution in [3.63, 3.8) is 0 Å². The van der Waals surface area contributed by atoms with E-state index in [0.29, 0.717) is 4.96 Å². The Morgan fingerprint density at radius 3 is 2.86 bits per heavy atom. The highest BCUT2D eigenvalue weighted by Gasteiger charge is 2.35. The van der Waals surface area contributed by atoms with E-state index in [1.807, 2.05) is 0 Å². The van der Waals surface area contributed by atoms with Crippen LogP contribution in [0.4, 0.5) is 0 Å². The van der Waals surface area contributed by atoms with Crippen molar-refractivity contribution in [1.82, 2.24) is 14.1 Å². The zero-order chi connectivity index (χ0) is 15.1. The number of thiazole rings is 1. The molecule has 116 valence electrons. The molecule has 0 saturated heterocycles. The fourth-order valence-electron chi connectivity index (χ4n) is 2.81. The molecular formula is C12H16ClN3O3S2. The molecule has 2 aromatic rings. The first kappa shape index (κ1) is 15.2. The van der Waals surface area contributed by atoms with Gasteiger partial charge in [0.2, 0.25) is 0 Å². The van der Waals surface area contributed by atoms with E-state index in [4.69, 9.17) is 11.6 Å². The molecule has 0 atom stereocenters. The third kappa shape index (κ3) is 2.70. The van der Waals surface area contributed by atoms with E-state index in [-0.39, 0.29) is 28.7 Å². The maximum absolute atomic E-state index is 12.5. The molecular weight excluding hydrogens is 334 g/mol. The van der Waals surface area contributed by atoms with Gasteiger partial charge < -0.3 is 5.11 Å². The second kappa shape index (κ2) is 5.51. The molecule has 1 fully saturated rings. The van der Waals surface area contributed by atoms with Crippen LogP contribution >= 0.6 is 22.9 Å². The van der Waals surface area contributed by atoms with Gasteiger partial charge >= 0.3 is 0 Å². The summed E-state index contributed by atoms with van der Waals surface area (Å²) in [6, 6.07) is 0. The van der Waals surface area contributed by atoms with Gasteiger partial charge in [0.05, 0.1) is 0 Å². The third-order valence-corrected chi connectivity index (χ3v) is 6.63. The normalized spacial score (nSPS) is 18.6. The van der Waals surface area contributed by atoms with E-state index in [1.165, 1.54) is 15.7 Å². The number of nitrogens with zero attached hydrogens (tertiary/aromatic N) is 2. The van der Waals surface area contributed by atoms with Crippen LogP contribution in [0.1, 0.15) is 25.7 Å². The van der Waals surface area contributed by atoms with E-state index in [9.17, 15) is 13.5 Å². The van der Waals surface area contributed by atoms with Crippen molar-refractivity contribution in [2.45, 2.75) is 30.7 Å². The molecule has 0 aliphatic heterocycles. The van der Waals surface area contributed by atoms with Crippen LogP contribution in [0.5, 0.6) is 0 Å². The summed E-state index contributed by atoms with van der Waals surface area (Å²) in [5, 5.41) is 11.2. The topological polar surface area (TPSA) is 83.7 Å². The number of aliphatic hydroxyl groups excluding tert-OH is 1. The molecule has 1 saturated carbocycles. The maximum Gasteiger partial charge on any atom is 0.259 e. The van der Waals surface area contributed by atoms with Crippen LogP contribution in [-0.2, 0) is 10.0 Å². The molecule has 0 unspecified atom stereocenters. The number of sulfonamides is 1. The second-order valence-corrected chi connectivity index (χ2v) is 8.37. The standard InChI is InChI=1S/C12H16ClN3O3S2/c13-9-10(16-5-6-20-11(16)15-9)21(18,19)14-7-12(8-17)3-1-2-4-12/h5-6,14,17H,1-4,7-8H2. The molecule has 2 aromatic heterocycles. The van der Waals surface area contributed by atoms with Crippen LogP contribution < -0.4 is 4.72 Å². The lowest BCUT2D eigenvalue weighted by Crippen LogP contribution is -2.38. The van der Waals surface area contributed by atoms with Crippen molar-refractivity contribution >= 4 is 37.9 Å². The lowest BCUT2D eigenvalue weighted by molar-refractivity contribution is 0.134. The van der Waals surface area contributed by atoms with E-state index >= 15 is 0 Å². The molecule has 21 heavy (non-hydrogen) atoms. The number of hydrogen-bond acceptors (Lipinski definition) is 5. The van der Waals surface area contributed by atoms with Crippen LogP contribution in [0.15, 0.2) is 16.6 Å². The fraction of sp³-hybridized carbons (Fsp3) is 0.583. The Bertz CT molecular complexity index is 747. The van der Waals surface area contributed by atoms with Crippen LogP contribution in [0.2, 0.25) is 5.15 Å². The zero-order valence-electron chi connectivity index (χ0n) is 11.2. The van der Waals surface area contributed by atoms with Gasteiger partial charge in [0, 0.05) is 30.1 Å². The van der Waals surface area contributed by atoms with Crippen LogP contribution in [0.3, 0.4) is 0 Å². The highest BCUT2D eigenvalue weighted by Crippen LogP contribution is 2.37. The summed E-state index contributed by atoms with van der Waals surface area (Å²) in [5.41, 5.74) is -0.349. The molecule has 2 heterocycles. The first-order valence-corrected chi connectivity index (χ1v) is 9.43. The van der Waals surface area contributed by atoms with Crippen molar-refractivity contribution in [3.05, 3.63) is 16.7 Å². The maximum atomic E-state index is 12.5. The van der Waals surface area contributed by atoms with Gasteiger partial charge in [0.1, 0.15) is 0 Å². The molecule has 0 aromatic carbocycles. The quantitative estimate of drug-likeness (QED) is 0.863. The summed E-state index contributed by atoms with van der Waals surface area (Å²) in [6.45, 7) is 0.211. The van der Waals surface area contributed by atoms with Crippen molar-refractivity contribution in [2.24, 2.45) is 5.41 Å². The van der Waals surface area contributed by atoms with Gasteiger partial charge in [-0.2, -0.15) is 0 Å². The van der Waals surface area contributed by atoms with E-state index < -0.39 is 10.0 Å². The Labute approximate surface area is 131 Å². The van der Waals surface area contributed by atoms with Crippen LogP contribution in [0.25, 0.3) is 4.96 Å². The van der Waals surface area contributed by atoms with Gasteiger partial charge in [0.25, 0.3) is 10.0 Å². The molecule has 6 nitrogen and oxygen atoms in total. The number of halogens is 1. The number of aliphatic hydroxyl groups is 1. The van der Waals surface area contributed by atoms with Crippen molar-refractivity contribution < 1.29 is 13.5 Å². The number of nitrogens with one attached hydrogen (secondary N) is 1. The van der Waals surface area contributed by atoms with Gasteiger partial charge in [-0.15, -0.1) is 11.3 Å². The number of hydrogen-bond donors (Lipinski definition) is 2. The number of rotatable bonds is 5. The monoisotopic (exact) mass is 349 g/mol. The zero-order valence-corrected chi connectivity index (χ0v) is 13.6. The molecule has 0 radical (unpaired) electrons. The Balaban J connectivity index is 1.87. The molecule has 0 spiro atoms. The van der Waals surface area contributed by atoms with E-state index in [0.717, 1.165) is 25.7 Å². The Hall–Kier alpha value is -0.670. The lowest BCUT2D eigenvalue weighted by atomic mass is 9.88. The number of imidazole rings is 1. The van der Waals surface area contributed by atoms with Gasteiger partial charge in [-0.1, -0.05) is 24.4 Å². The number of fused-ring (bicyclic) bond motifs is 1.